The highest BCUT2D eigenvalue weighted by Gasteiger charge is 2.53. The molecule has 1 unspecified atom stereocenters. The zero-order valence-corrected chi connectivity index (χ0v) is 13.6. The lowest BCUT2D eigenvalue weighted by Crippen LogP contribution is -2.56. The van der Waals surface area contributed by atoms with E-state index in [2.05, 4.69) is 23.7 Å². The van der Waals surface area contributed by atoms with Gasteiger partial charge in [0.2, 0.25) is 5.91 Å². The Morgan fingerprint density at radius 2 is 1.90 bits per heavy atom. The Morgan fingerprint density at radius 1 is 1.29 bits per heavy atom. The summed E-state index contributed by atoms with van der Waals surface area (Å²) in [6, 6.07) is 2.40. The molecule has 0 radical (unpaired) electrons. The lowest BCUT2D eigenvalue weighted by Gasteiger charge is -2.59. The number of hydrogen-bond donors (Lipinski definition) is 1. The molecule has 4 saturated carbocycles. The van der Waals surface area contributed by atoms with E-state index in [0.29, 0.717) is 17.9 Å². The van der Waals surface area contributed by atoms with Crippen molar-refractivity contribution < 1.29 is 4.79 Å². The van der Waals surface area contributed by atoms with Gasteiger partial charge in [-0.15, -0.1) is 0 Å². The van der Waals surface area contributed by atoms with Crippen LogP contribution < -0.4 is 5.32 Å². The molecule has 4 fully saturated rings. The summed E-state index contributed by atoms with van der Waals surface area (Å²) in [5.74, 6) is 3.06. The van der Waals surface area contributed by atoms with Gasteiger partial charge in [-0.05, 0) is 91.0 Å². The van der Waals surface area contributed by atoms with Gasteiger partial charge in [0, 0.05) is 6.04 Å². The monoisotopic (exact) mass is 303 g/mol. The fourth-order valence-corrected chi connectivity index (χ4v) is 6.40. The predicted molar refractivity (Wildman–Crippen MR) is 86.2 cm³/mol. The fraction of sp³-hybridized carbons (Fsp3) is 0.722. The lowest BCUT2D eigenvalue weighted by atomic mass is 9.48. The Hall–Kier alpha value is -0.830. The molecule has 1 N–H and O–H groups in total. The van der Waals surface area contributed by atoms with Gasteiger partial charge in [-0.2, -0.15) is 11.3 Å². The molecule has 21 heavy (non-hydrogen) atoms. The van der Waals surface area contributed by atoms with Gasteiger partial charge in [0.1, 0.15) is 0 Å². The van der Waals surface area contributed by atoms with Crippen LogP contribution in [-0.4, -0.2) is 11.9 Å². The van der Waals surface area contributed by atoms with Crippen molar-refractivity contribution in [1.82, 2.24) is 5.32 Å². The normalized spacial score (nSPS) is 38.4. The first-order valence-electron chi connectivity index (χ1n) is 8.43. The molecule has 0 aliphatic heterocycles. The van der Waals surface area contributed by atoms with Gasteiger partial charge in [0.25, 0.3) is 0 Å². The van der Waals surface area contributed by atoms with Crippen LogP contribution >= 0.6 is 11.3 Å². The first kappa shape index (κ1) is 13.8. The summed E-state index contributed by atoms with van der Waals surface area (Å²) in [5, 5.41) is 7.47. The number of carbonyl (C=O) groups excluding carboxylic acids is 1. The molecule has 3 heteroatoms. The summed E-state index contributed by atoms with van der Waals surface area (Å²) in [6.07, 6.45) is 9.02. The van der Waals surface area contributed by atoms with E-state index >= 15 is 0 Å². The standard InChI is InChI=1S/C18H25NOS/c1-12(19-17(20)7-13-2-3-21-11-13)18-8-14-4-15(9-18)6-16(5-14)10-18/h2-3,11-12,14-16H,4-10H2,1H3,(H,19,20). The summed E-state index contributed by atoms with van der Waals surface area (Å²) in [7, 11) is 0. The third-order valence-electron chi connectivity index (χ3n) is 6.33. The van der Waals surface area contributed by atoms with Crippen LogP contribution in [0.15, 0.2) is 16.8 Å². The number of carbonyl (C=O) groups is 1. The second kappa shape index (κ2) is 5.12. The Bertz CT molecular complexity index is 486. The molecular formula is C18H25NOS. The molecule has 1 aromatic heterocycles. The van der Waals surface area contributed by atoms with Crippen molar-refractivity contribution in [3.05, 3.63) is 22.4 Å². The largest absolute Gasteiger partial charge is 0.353 e. The second-order valence-corrected chi connectivity index (χ2v) is 8.66. The van der Waals surface area contributed by atoms with E-state index in [1.54, 1.807) is 11.3 Å². The van der Waals surface area contributed by atoms with Crippen molar-refractivity contribution in [2.75, 3.05) is 0 Å². The van der Waals surface area contributed by atoms with Gasteiger partial charge in [0.05, 0.1) is 6.42 Å². The smallest absolute Gasteiger partial charge is 0.224 e. The number of thiophene rings is 1. The highest BCUT2D eigenvalue weighted by molar-refractivity contribution is 7.07. The van der Waals surface area contributed by atoms with E-state index in [0.717, 1.165) is 23.3 Å². The number of amides is 1. The molecule has 0 aromatic carbocycles. The van der Waals surface area contributed by atoms with Crippen molar-refractivity contribution in [2.24, 2.45) is 23.2 Å². The summed E-state index contributed by atoms with van der Waals surface area (Å²) < 4.78 is 0. The maximum atomic E-state index is 12.3. The lowest BCUT2D eigenvalue weighted by molar-refractivity contribution is -0.125. The molecule has 2 nitrogen and oxygen atoms in total. The summed E-state index contributed by atoms with van der Waals surface area (Å²) in [6.45, 7) is 2.26. The van der Waals surface area contributed by atoms with Gasteiger partial charge in [-0.1, -0.05) is 0 Å². The van der Waals surface area contributed by atoms with Crippen LogP contribution in [0, 0.1) is 23.2 Å². The molecule has 1 atom stereocenters. The number of nitrogens with one attached hydrogen (secondary N) is 1. The average molecular weight is 303 g/mol. The summed E-state index contributed by atoms with van der Waals surface area (Å²) in [5.41, 5.74) is 1.56. The first-order valence-corrected chi connectivity index (χ1v) is 9.38. The van der Waals surface area contributed by atoms with Crippen molar-refractivity contribution in [3.8, 4) is 0 Å². The summed E-state index contributed by atoms with van der Waals surface area (Å²) >= 11 is 1.67. The Labute approximate surface area is 131 Å². The molecular weight excluding hydrogens is 278 g/mol. The minimum Gasteiger partial charge on any atom is -0.353 e. The zero-order valence-electron chi connectivity index (χ0n) is 12.8. The Kier molecular flexibility index (Phi) is 3.36. The average Bonchev–Trinajstić information content (AvgIpc) is 2.89. The molecule has 0 spiro atoms. The van der Waals surface area contributed by atoms with E-state index in [4.69, 9.17) is 0 Å². The van der Waals surface area contributed by atoms with Gasteiger partial charge in [0.15, 0.2) is 0 Å². The highest BCUT2D eigenvalue weighted by atomic mass is 32.1. The predicted octanol–water partition coefficient (Wildman–Crippen LogP) is 4.01. The molecule has 1 heterocycles. The first-order chi connectivity index (χ1) is 10.1. The third kappa shape index (κ3) is 2.54. The van der Waals surface area contributed by atoms with Crippen LogP contribution in [0.5, 0.6) is 0 Å². The van der Waals surface area contributed by atoms with Gasteiger partial charge < -0.3 is 5.32 Å². The molecule has 4 aliphatic carbocycles. The van der Waals surface area contributed by atoms with Crippen LogP contribution in [-0.2, 0) is 11.2 Å². The quantitative estimate of drug-likeness (QED) is 0.894. The summed E-state index contributed by atoms with van der Waals surface area (Å²) in [4.78, 5) is 12.3. The molecule has 114 valence electrons. The maximum absolute atomic E-state index is 12.3. The number of hydrogen-bond acceptors (Lipinski definition) is 2. The van der Waals surface area contributed by atoms with E-state index in [1.807, 2.05) is 5.38 Å². The van der Waals surface area contributed by atoms with Crippen molar-refractivity contribution in [2.45, 2.75) is 57.9 Å². The van der Waals surface area contributed by atoms with E-state index < -0.39 is 0 Å². The topological polar surface area (TPSA) is 29.1 Å². The van der Waals surface area contributed by atoms with Gasteiger partial charge in [-0.3, -0.25) is 4.79 Å². The molecule has 1 amide bonds. The van der Waals surface area contributed by atoms with Crippen LogP contribution in [0.4, 0.5) is 0 Å². The molecule has 0 saturated heterocycles. The van der Waals surface area contributed by atoms with Crippen molar-refractivity contribution >= 4 is 17.2 Å². The molecule has 4 bridgehead atoms. The van der Waals surface area contributed by atoms with Crippen molar-refractivity contribution in [1.29, 1.82) is 0 Å². The maximum Gasteiger partial charge on any atom is 0.224 e. The molecule has 4 aliphatic rings. The third-order valence-corrected chi connectivity index (χ3v) is 7.06. The SMILES string of the molecule is CC(NC(=O)Cc1ccsc1)C12CC3CC(CC(C3)C1)C2. The van der Waals surface area contributed by atoms with Crippen LogP contribution in [0.2, 0.25) is 0 Å². The second-order valence-electron chi connectivity index (χ2n) is 7.88. The van der Waals surface area contributed by atoms with Crippen LogP contribution in [0.3, 0.4) is 0 Å². The number of rotatable bonds is 4. The Morgan fingerprint density at radius 3 is 2.43 bits per heavy atom. The van der Waals surface area contributed by atoms with Crippen LogP contribution in [0.1, 0.15) is 51.0 Å². The highest BCUT2D eigenvalue weighted by Crippen LogP contribution is 2.61. The van der Waals surface area contributed by atoms with Crippen LogP contribution in [0.25, 0.3) is 0 Å². The van der Waals surface area contributed by atoms with E-state index in [9.17, 15) is 4.79 Å². The van der Waals surface area contributed by atoms with E-state index in [-0.39, 0.29) is 5.91 Å². The minimum absolute atomic E-state index is 0.205. The molecule has 1 aromatic rings. The Balaban J connectivity index is 1.42. The van der Waals surface area contributed by atoms with Gasteiger partial charge >= 0.3 is 0 Å². The zero-order chi connectivity index (χ0) is 14.4. The fourth-order valence-electron chi connectivity index (χ4n) is 5.73. The molecule has 5 rings (SSSR count). The van der Waals surface area contributed by atoms with Gasteiger partial charge in [-0.25, -0.2) is 0 Å². The van der Waals surface area contributed by atoms with Crippen molar-refractivity contribution in [3.63, 3.8) is 0 Å². The minimum atomic E-state index is 0.205. The van der Waals surface area contributed by atoms with E-state index in [1.165, 1.54) is 38.5 Å².